The number of anilines is 1. The highest BCUT2D eigenvalue weighted by Crippen LogP contribution is 2.40. The molecule has 0 spiro atoms. The molecule has 2 heterocycles. The highest BCUT2D eigenvalue weighted by atomic mass is 32.2. The average Bonchev–Trinajstić information content (AvgIpc) is 3.12. The van der Waals surface area contributed by atoms with Gasteiger partial charge in [0.05, 0.1) is 23.7 Å². The van der Waals surface area contributed by atoms with E-state index in [1.807, 2.05) is 48.2 Å². The average molecular weight is 405 g/mol. The van der Waals surface area contributed by atoms with Crippen LogP contribution in [0.4, 0.5) is 5.69 Å². The Bertz CT molecular complexity index is 920. The molecule has 1 N–H and O–H groups in total. The van der Waals surface area contributed by atoms with Crippen LogP contribution in [0.5, 0.6) is 0 Å². The molecule has 2 atom stereocenters. The van der Waals surface area contributed by atoms with Crippen molar-refractivity contribution in [1.29, 1.82) is 5.26 Å². The number of carbonyl (C=O) groups is 1. The van der Waals surface area contributed by atoms with Crippen molar-refractivity contribution < 1.29 is 13.2 Å². The first-order valence-electron chi connectivity index (χ1n) is 8.63. The molecule has 0 bridgehead atoms. The number of nitrogens with zero attached hydrogens (tertiary/aromatic N) is 3. The van der Waals surface area contributed by atoms with Crippen LogP contribution in [0.3, 0.4) is 0 Å². The zero-order valence-electron chi connectivity index (χ0n) is 14.8. The Hall–Kier alpha value is -2.31. The molecular weight excluding hydrogens is 384 g/mol. The SMILES string of the molecule is CCCNC(=O)/C(C#N)=C/N=C1S[C@@H]2CS(=O)(=O)C[C@H]2N1c1ccccc1. The van der Waals surface area contributed by atoms with Crippen LogP contribution in [0, 0.1) is 11.3 Å². The first-order chi connectivity index (χ1) is 12.9. The van der Waals surface area contributed by atoms with Gasteiger partial charge in [0.1, 0.15) is 11.6 Å². The Morgan fingerprint density at radius 3 is 2.81 bits per heavy atom. The van der Waals surface area contributed by atoms with E-state index in [0.717, 1.165) is 12.1 Å². The van der Waals surface area contributed by atoms with Gasteiger partial charge < -0.3 is 10.2 Å². The van der Waals surface area contributed by atoms with Crippen molar-refractivity contribution >= 4 is 38.4 Å². The van der Waals surface area contributed by atoms with Crippen LogP contribution in [0.15, 0.2) is 47.1 Å². The maximum Gasteiger partial charge on any atom is 0.263 e. The van der Waals surface area contributed by atoms with Gasteiger partial charge in [-0.2, -0.15) is 5.26 Å². The molecule has 2 fully saturated rings. The highest BCUT2D eigenvalue weighted by molar-refractivity contribution is 8.16. The molecule has 0 saturated carbocycles. The maximum absolute atomic E-state index is 12.0. The van der Waals surface area contributed by atoms with Crippen LogP contribution in [-0.2, 0) is 14.6 Å². The Balaban J connectivity index is 1.92. The number of carbonyl (C=O) groups excluding carboxylic acids is 1. The third-order valence-electron chi connectivity index (χ3n) is 4.31. The summed E-state index contributed by atoms with van der Waals surface area (Å²) in [5, 5.41) is 12.4. The Morgan fingerprint density at radius 1 is 1.41 bits per heavy atom. The largest absolute Gasteiger partial charge is 0.351 e. The third-order valence-corrected chi connectivity index (χ3v) is 7.53. The van der Waals surface area contributed by atoms with Gasteiger partial charge in [-0.25, -0.2) is 13.4 Å². The van der Waals surface area contributed by atoms with Crippen LogP contribution in [0.25, 0.3) is 0 Å². The second kappa shape index (κ2) is 8.15. The summed E-state index contributed by atoms with van der Waals surface area (Å²) < 4.78 is 24.1. The van der Waals surface area contributed by atoms with Crippen molar-refractivity contribution in [2.24, 2.45) is 4.99 Å². The van der Waals surface area contributed by atoms with Gasteiger partial charge in [0.25, 0.3) is 5.91 Å². The fourth-order valence-electron chi connectivity index (χ4n) is 3.06. The van der Waals surface area contributed by atoms with Crippen LogP contribution >= 0.6 is 11.8 Å². The fourth-order valence-corrected chi connectivity index (χ4v) is 6.95. The Labute approximate surface area is 163 Å². The van der Waals surface area contributed by atoms with E-state index in [1.54, 1.807) is 0 Å². The lowest BCUT2D eigenvalue weighted by molar-refractivity contribution is -0.117. The molecule has 0 aromatic heterocycles. The lowest BCUT2D eigenvalue weighted by Gasteiger charge is -2.24. The summed E-state index contributed by atoms with van der Waals surface area (Å²) >= 11 is 1.38. The minimum atomic E-state index is -3.08. The number of benzene rings is 1. The lowest BCUT2D eigenvalue weighted by atomic mass is 10.2. The number of amidine groups is 1. The molecule has 3 rings (SSSR count). The van der Waals surface area contributed by atoms with Crippen molar-refractivity contribution in [1.82, 2.24) is 5.32 Å². The molecule has 27 heavy (non-hydrogen) atoms. The predicted molar refractivity (Wildman–Crippen MR) is 107 cm³/mol. The summed E-state index contributed by atoms with van der Waals surface area (Å²) in [7, 11) is -3.08. The first kappa shape index (κ1) is 19.5. The van der Waals surface area contributed by atoms with Crippen molar-refractivity contribution in [2.45, 2.75) is 24.6 Å². The van der Waals surface area contributed by atoms with Crippen LogP contribution in [0.2, 0.25) is 0 Å². The van der Waals surface area contributed by atoms with E-state index in [9.17, 15) is 18.5 Å². The van der Waals surface area contributed by atoms with Crippen LogP contribution < -0.4 is 10.2 Å². The minimum absolute atomic E-state index is 0.0738. The van der Waals surface area contributed by atoms with Gasteiger partial charge in [0.15, 0.2) is 15.0 Å². The topological polar surface area (TPSA) is 103 Å². The summed E-state index contributed by atoms with van der Waals surface area (Å²) in [6.07, 6.45) is 2.03. The number of nitriles is 1. The third kappa shape index (κ3) is 4.34. The zero-order valence-corrected chi connectivity index (χ0v) is 16.5. The summed E-state index contributed by atoms with van der Waals surface area (Å²) in [5.41, 5.74) is 0.768. The standard InChI is InChI=1S/C18H20N4O3S2/c1-2-8-20-17(23)13(9-19)10-21-18-22(14-6-4-3-5-7-14)15-11-27(24,25)12-16(15)26-18/h3-7,10,15-16H,2,8,11-12H2,1H3,(H,20,23)/b13-10+,21-18?/t15-,16-/m1/s1. The van der Waals surface area contributed by atoms with Gasteiger partial charge in [0, 0.05) is 17.5 Å². The number of hydrogen-bond acceptors (Lipinski definition) is 6. The molecule has 7 nitrogen and oxygen atoms in total. The minimum Gasteiger partial charge on any atom is -0.351 e. The normalized spacial score (nSPS) is 25.3. The number of fused-ring (bicyclic) bond motifs is 1. The van der Waals surface area contributed by atoms with Gasteiger partial charge in [0.2, 0.25) is 0 Å². The molecule has 0 aliphatic carbocycles. The molecule has 2 saturated heterocycles. The zero-order chi connectivity index (χ0) is 19.4. The number of thioether (sulfide) groups is 1. The second-order valence-electron chi connectivity index (χ2n) is 6.33. The molecule has 9 heteroatoms. The highest BCUT2D eigenvalue weighted by Gasteiger charge is 2.49. The molecule has 0 unspecified atom stereocenters. The molecule has 1 aromatic carbocycles. The van der Waals surface area contributed by atoms with Crippen molar-refractivity contribution in [3.63, 3.8) is 0 Å². The van der Waals surface area contributed by atoms with Crippen molar-refractivity contribution in [2.75, 3.05) is 23.0 Å². The molecule has 2 aliphatic heterocycles. The van der Waals surface area contributed by atoms with Gasteiger partial charge in [-0.05, 0) is 18.6 Å². The molecule has 142 valence electrons. The number of rotatable bonds is 5. The second-order valence-corrected chi connectivity index (χ2v) is 9.69. The molecule has 1 aromatic rings. The Morgan fingerprint density at radius 2 is 2.15 bits per heavy atom. The number of sulfone groups is 1. The number of nitrogens with one attached hydrogen (secondary N) is 1. The summed E-state index contributed by atoms with van der Waals surface area (Å²) in [4.78, 5) is 18.3. The molecule has 1 amide bonds. The fraction of sp³-hybridized carbons (Fsp3) is 0.389. The number of amides is 1. The lowest BCUT2D eigenvalue weighted by Crippen LogP contribution is -2.37. The van der Waals surface area contributed by atoms with E-state index in [0.29, 0.717) is 11.7 Å². The molecular formula is C18H20N4O3S2. The van der Waals surface area contributed by atoms with Gasteiger partial charge in [-0.1, -0.05) is 36.9 Å². The number of aliphatic imine (C=N–C) groups is 1. The smallest absolute Gasteiger partial charge is 0.263 e. The maximum atomic E-state index is 12.0. The summed E-state index contributed by atoms with van der Waals surface area (Å²) in [5.74, 6) is -0.276. The van der Waals surface area contributed by atoms with Crippen molar-refractivity contribution in [3.8, 4) is 6.07 Å². The van der Waals surface area contributed by atoms with Crippen molar-refractivity contribution in [3.05, 3.63) is 42.1 Å². The van der Waals surface area contributed by atoms with E-state index in [1.165, 1.54) is 18.0 Å². The first-order valence-corrected chi connectivity index (χ1v) is 11.3. The van der Waals surface area contributed by atoms with E-state index >= 15 is 0 Å². The predicted octanol–water partition coefficient (Wildman–Crippen LogP) is 1.70. The summed E-state index contributed by atoms with van der Waals surface area (Å²) in [6.45, 7) is 2.41. The van der Waals surface area contributed by atoms with Gasteiger partial charge in [-0.3, -0.25) is 4.79 Å². The van der Waals surface area contributed by atoms with Crippen LogP contribution in [-0.4, -0.2) is 48.8 Å². The monoisotopic (exact) mass is 404 g/mol. The molecule has 0 radical (unpaired) electrons. The number of para-hydroxylation sites is 1. The summed E-state index contributed by atoms with van der Waals surface area (Å²) in [6, 6.07) is 11.1. The van der Waals surface area contributed by atoms with E-state index in [2.05, 4.69) is 10.3 Å². The number of hydrogen-bond donors (Lipinski definition) is 1. The van der Waals surface area contributed by atoms with E-state index in [4.69, 9.17) is 0 Å². The van der Waals surface area contributed by atoms with E-state index in [-0.39, 0.29) is 28.4 Å². The van der Waals surface area contributed by atoms with Gasteiger partial charge >= 0.3 is 0 Å². The van der Waals surface area contributed by atoms with E-state index < -0.39 is 15.7 Å². The quantitative estimate of drug-likeness (QED) is 0.592. The van der Waals surface area contributed by atoms with Crippen LogP contribution in [0.1, 0.15) is 13.3 Å². The molecule has 2 aliphatic rings. The Kier molecular flexibility index (Phi) is 5.87. The van der Waals surface area contributed by atoms with Gasteiger partial charge in [-0.15, -0.1) is 0 Å².